The molecule has 0 saturated carbocycles. The van der Waals surface area contributed by atoms with Gasteiger partial charge in [-0.15, -0.1) is 6.42 Å². The van der Waals surface area contributed by atoms with Gasteiger partial charge in [0.15, 0.2) is 0 Å². The quantitative estimate of drug-likeness (QED) is 0.733. The van der Waals surface area contributed by atoms with E-state index >= 15 is 0 Å². The molecule has 1 heteroatoms. The molecular formula is C17H20O. The maximum absolute atomic E-state index is 5.86. The van der Waals surface area contributed by atoms with Crippen molar-refractivity contribution in [2.24, 2.45) is 0 Å². The summed E-state index contributed by atoms with van der Waals surface area (Å²) in [6, 6.07) is 7.68. The van der Waals surface area contributed by atoms with Crippen LogP contribution in [-0.4, -0.2) is 11.7 Å². The highest BCUT2D eigenvalue weighted by Gasteiger charge is 2.17. The van der Waals surface area contributed by atoms with Crippen molar-refractivity contribution in [2.75, 3.05) is 0 Å². The van der Waals surface area contributed by atoms with Crippen LogP contribution in [0.25, 0.3) is 0 Å². The van der Waals surface area contributed by atoms with Crippen LogP contribution in [-0.2, 0) is 4.74 Å². The molecule has 0 radical (unpaired) electrons. The Morgan fingerprint density at radius 1 is 1.28 bits per heavy atom. The van der Waals surface area contributed by atoms with E-state index in [1.54, 1.807) is 0 Å². The van der Waals surface area contributed by atoms with Crippen LogP contribution in [0.2, 0.25) is 0 Å². The Kier molecular flexibility index (Phi) is 5.02. The molecule has 0 heterocycles. The highest BCUT2D eigenvalue weighted by atomic mass is 16.5. The molecule has 1 atom stereocenters. The lowest BCUT2D eigenvalue weighted by atomic mass is 10.1. The molecule has 0 spiro atoms. The molecule has 0 amide bonds. The standard InChI is InChI=1S/C17H20O/c1-6-14(3)18-17(4,5)13-12-16-11-9-8-10-15(16)7-2/h2,8-11,14H,6H2,1,3-5H3. The maximum atomic E-state index is 5.86. The lowest BCUT2D eigenvalue weighted by Gasteiger charge is -2.23. The summed E-state index contributed by atoms with van der Waals surface area (Å²) in [5, 5.41) is 0. The molecule has 1 aromatic carbocycles. The van der Waals surface area contributed by atoms with Crippen molar-refractivity contribution in [1.82, 2.24) is 0 Å². The normalized spacial score (nSPS) is 12.2. The SMILES string of the molecule is C#Cc1ccccc1C#CC(C)(C)OC(C)CC. The largest absolute Gasteiger partial charge is 0.360 e. The van der Waals surface area contributed by atoms with Crippen molar-refractivity contribution in [1.29, 1.82) is 0 Å². The van der Waals surface area contributed by atoms with E-state index in [1.807, 2.05) is 38.1 Å². The average molecular weight is 240 g/mol. The number of terminal acetylenes is 1. The van der Waals surface area contributed by atoms with Crippen molar-refractivity contribution in [2.45, 2.75) is 45.8 Å². The third-order valence-corrected chi connectivity index (χ3v) is 2.65. The van der Waals surface area contributed by atoms with Crippen LogP contribution < -0.4 is 0 Å². The van der Waals surface area contributed by atoms with Crippen molar-refractivity contribution in [3.63, 3.8) is 0 Å². The van der Waals surface area contributed by atoms with Gasteiger partial charge in [-0.1, -0.05) is 36.8 Å². The number of benzene rings is 1. The zero-order valence-corrected chi connectivity index (χ0v) is 11.6. The van der Waals surface area contributed by atoms with Gasteiger partial charge < -0.3 is 4.74 Å². The lowest BCUT2D eigenvalue weighted by Crippen LogP contribution is -2.27. The predicted molar refractivity (Wildman–Crippen MR) is 76.2 cm³/mol. The minimum atomic E-state index is -0.461. The third-order valence-electron chi connectivity index (χ3n) is 2.65. The summed E-state index contributed by atoms with van der Waals surface area (Å²) < 4.78 is 5.86. The second-order valence-corrected chi connectivity index (χ2v) is 4.79. The first-order valence-corrected chi connectivity index (χ1v) is 6.25. The molecule has 0 aromatic heterocycles. The van der Waals surface area contributed by atoms with E-state index in [0.29, 0.717) is 0 Å². The van der Waals surface area contributed by atoms with Crippen LogP contribution in [0, 0.1) is 24.2 Å². The van der Waals surface area contributed by atoms with E-state index in [1.165, 1.54) is 0 Å². The summed E-state index contributed by atoms with van der Waals surface area (Å²) in [6.07, 6.45) is 6.63. The Morgan fingerprint density at radius 2 is 1.89 bits per heavy atom. The van der Waals surface area contributed by atoms with Crippen molar-refractivity contribution in [3.8, 4) is 24.2 Å². The van der Waals surface area contributed by atoms with Crippen LogP contribution in [0.4, 0.5) is 0 Å². The van der Waals surface area contributed by atoms with Crippen LogP contribution in [0.3, 0.4) is 0 Å². The van der Waals surface area contributed by atoms with Crippen LogP contribution >= 0.6 is 0 Å². The van der Waals surface area contributed by atoms with Gasteiger partial charge in [0.05, 0.1) is 6.10 Å². The minimum absolute atomic E-state index is 0.206. The molecule has 1 rings (SSSR count). The Bertz CT molecular complexity index is 494. The van der Waals surface area contributed by atoms with Gasteiger partial charge in [-0.2, -0.15) is 0 Å². The Hall–Kier alpha value is -1.70. The Morgan fingerprint density at radius 3 is 2.44 bits per heavy atom. The number of hydrogen-bond donors (Lipinski definition) is 0. The average Bonchev–Trinajstić information content (AvgIpc) is 2.36. The van der Waals surface area contributed by atoms with Crippen molar-refractivity contribution in [3.05, 3.63) is 35.4 Å². The minimum Gasteiger partial charge on any atom is -0.360 e. The van der Waals surface area contributed by atoms with Crippen LogP contribution in [0.15, 0.2) is 24.3 Å². The Balaban J connectivity index is 2.91. The Labute approximate surface area is 111 Å². The second-order valence-electron chi connectivity index (χ2n) is 4.79. The van der Waals surface area contributed by atoms with Crippen molar-refractivity contribution < 1.29 is 4.74 Å². The van der Waals surface area contributed by atoms with Gasteiger partial charge >= 0.3 is 0 Å². The molecule has 1 nitrogen and oxygen atoms in total. The smallest absolute Gasteiger partial charge is 0.123 e. The number of ether oxygens (including phenoxy) is 1. The van der Waals surface area contributed by atoms with E-state index in [4.69, 9.17) is 11.2 Å². The summed E-state index contributed by atoms with van der Waals surface area (Å²) >= 11 is 0. The molecule has 94 valence electrons. The molecule has 1 unspecified atom stereocenters. The molecule has 1 aromatic rings. The fourth-order valence-electron chi connectivity index (χ4n) is 1.55. The number of rotatable bonds is 3. The van der Waals surface area contributed by atoms with Gasteiger partial charge in [-0.3, -0.25) is 0 Å². The van der Waals surface area contributed by atoms with Crippen LogP contribution in [0.5, 0.6) is 0 Å². The molecule has 0 saturated heterocycles. The van der Waals surface area contributed by atoms with Gasteiger partial charge in [0.2, 0.25) is 0 Å². The molecule has 0 aliphatic rings. The summed E-state index contributed by atoms with van der Waals surface area (Å²) in [4.78, 5) is 0. The summed E-state index contributed by atoms with van der Waals surface area (Å²) in [7, 11) is 0. The van der Waals surface area contributed by atoms with Crippen LogP contribution in [0.1, 0.15) is 45.2 Å². The van der Waals surface area contributed by atoms with E-state index in [0.717, 1.165) is 17.5 Å². The van der Waals surface area contributed by atoms with Gasteiger partial charge in [0, 0.05) is 11.1 Å². The van der Waals surface area contributed by atoms with Gasteiger partial charge in [-0.25, -0.2) is 0 Å². The summed E-state index contributed by atoms with van der Waals surface area (Å²) in [5.41, 5.74) is 1.24. The molecule has 0 N–H and O–H groups in total. The monoisotopic (exact) mass is 240 g/mol. The zero-order valence-electron chi connectivity index (χ0n) is 11.6. The molecule has 0 bridgehead atoms. The first kappa shape index (κ1) is 14.4. The first-order chi connectivity index (χ1) is 8.48. The zero-order chi connectivity index (χ0) is 13.6. The van der Waals surface area contributed by atoms with Crippen molar-refractivity contribution >= 4 is 0 Å². The third kappa shape index (κ3) is 4.28. The molecule has 18 heavy (non-hydrogen) atoms. The van der Waals surface area contributed by atoms with Gasteiger partial charge in [-0.05, 0) is 39.3 Å². The fourth-order valence-corrected chi connectivity index (χ4v) is 1.55. The van der Waals surface area contributed by atoms with Gasteiger partial charge in [0.25, 0.3) is 0 Å². The van der Waals surface area contributed by atoms with E-state index in [-0.39, 0.29) is 6.10 Å². The first-order valence-electron chi connectivity index (χ1n) is 6.25. The van der Waals surface area contributed by atoms with E-state index < -0.39 is 5.60 Å². The molecular weight excluding hydrogens is 220 g/mol. The highest BCUT2D eigenvalue weighted by Crippen LogP contribution is 2.14. The predicted octanol–water partition coefficient (Wildman–Crippen LogP) is 3.61. The van der Waals surface area contributed by atoms with Gasteiger partial charge in [0.1, 0.15) is 5.60 Å². The summed E-state index contributed by atoms with van der Waals surface area (Å²) in [5.74, 6) is 8.90. The lowest BCUT2D eigenvalue weighted by molar-refractivity contribution is -0.0269. The maximum Gasteiger partial charge on any atom is 0.123 e. The second kappa shape index (κ2) is 6.29. The molecule has 0 fully saturated rings. The number of hydrogen-bond acceptors (Lipinski definition) is 1. The molecule has 0 aliphatic heterocycles. The van der Waals surface area contributed by atoms with E-state index in [9.17, 15) is 0 Å². The topological polar surface area (TPSA) is 9.23 Å². The highest BCUT2D eigenvalue weighted by molar-refractivity contribution is 5.49. The fraction of sp³-hybridized carbons (Fsp3) is 0.412. The molecule has 0 aliphatic carbocycles. The summed E-state index contributed by atoms with van der Waals surface area (Å²) in [6.45, 7) is 8.11. The van der Waals surface area contributed by atoms with E-state index in [2.05, 4.69) is 31.6 Å².